The minimum Gasteiger partial charge on any atom is -0.482 e. The van der Waals surface area contributed by atoms with Crippen molar-refractivity contribution in [2.24, 2.45) is 5.92 Å². The van der Waals surface area contributed by atoms with Crippen LogP contribution >= 0.6 is 0 Å². The number of amides is 1. The summed E-state index contributed by atoms with van der Waals surface area (Å²) >= 11 is 0. The lowest BCUT2D eigenvalue weighted by Gasteiger charge is -2.32. The highest BCUT2D eigenvalue weighted by atomic mass is 16.6. The van der Waals surface area contributed by atoms with Crippen molar-refractivity contribution in [3.8, 4) is 11.5 Å². The van der Waals surface area contributed by atoms with Gasteiger partial charge in [-0.3, -0.25) is 4.79 Å². The topological polar surface area (TPSA) is 47.6 Å². The number of fused-ring (bicyclic) bond motifs is 1. The minimum absolute atomic E-state index is 0.0401. The quantitative estimate of drug-likeness (QED) is 0.891. The summed E-state index contributed by atoms with van der Waals surface area (Å²) in [6.07, 6.45) is -0.132. The molecule has 0 aliphatic carbocycles. The molecule has 0 aromatic heterocycles. The fourth-order valence-corrected chi connectivity index (χ4v) is 3.10. The van der Waals surface area contributed by atoms with Crippen LogP contribution in [0.3, 0.4) is 0 Å². The summed E-state index contributed by atoms with van der Waals surface area (Å²) in [5.41, 5.74) is 1.11. The average molecular weight is 339 g/mol. The molecule has 0 spiro atoms. The third-order valence-electron chi connectivity index (χ3n) is 4.33. The standard InChI is InChI=1S/C21H25NO3/c1-14(2)13-17(16-9-5-4-6-10-16)22-21(23)20-15(3)24-18-11-7-8-12-19(18)25-20/h4-12,14-15,17,20H,13H2,1-3H3,(H,22,23). The first-order chi connectivity index (χ1) is 12.0. The predicted molar refractivity (Wildman–Crippen MR) is 97.7 cm³/mol. The van der Waals surface area contributed by atoms with E-state index in [2.05, 4.69) is 19.2 Å². The van der Waals surface area contributed by atoms with Gasteiger partial charge in [-0.2, -0.15) is 0 Å². The molecule has 0 radical (unpaired) electrons. The average Bonchev–Trinajstić information content (AvgIpc) is 2.61. The van der Waals surface area contributed by atoms with Crippen LogP contribution in [0, 0.1) is 5.92 Å². The van der Waals surface area contributed by atoms with Crippen molar-refractivity contribution in [1.29, 1.82) is 0 Å². The first-order valence-corrected chi connectivity index (χ1v) is 8.82. The van der Waals surface area contributed by atoms with Crippen LogP contribution in [0.4, 0.5) is 0 Å². The molecule has 1 amide bonds. The first-order valence-electron chi connectivity index (χ1n) is 8.82. The number of nitrogens with one attached hydrogen (secondary N) is 1. The summed E-state index contributed by atoms with van der Waals surface area (Å²) in [6.45, 7) is 6.17. The van der Waals surface area contributed by atoms with Gasteiger partial charge in [0.25, 0.3) is 5.91 Å². The molecule has 4 nitrogen and oxygen atoms in total. The van der Waals surface area contributed by atoms with Gasteiger partial charge in [0, 0.05) is 0 Å². The molecule has 25 heavy (non-hydrogen) atoms. The summed E-state index contributed by atoms with van der Waals surface area (Å²) in [6, 6.07) is 17.5. The molecule has 4 heteroatoms. The van der Waals surface area contributed by atoms with Crippen LogP contribution in [-0.2, 0) is 4.79 Å². The SMILES string of the molecule is CC(C)CC(NC(=O)C1Oc2ccccc2OC1C)c1ccccc1. The number of ether oxygens (including phenoxy) is 2. The maximum atomic E-state index is 12.9. The van der Waals surface area contributed by atoms with Crippen LogP contribution in [0.5, 0.6) is 11.5 Å². The van der Waals surface area contributed by atoms with Gasteiger partial charge in [0.15, 0.2) is 11.5 Å². The number of hydrogen-bond acceptors (Lipinski definition) is 3. The largest absolute Gasteiger partial charge is 0.482 e. The van der Waals surface area contributed by atoms with Gasteiger partial charge in [0.1, 0.15) is 6.10 Å². The number of para-hydroxylation sites is 2. The van der Waals surface area contributed by atoms with Crippen molar-refractivity contribution in [1.82, 2.24) is 5.32 Å². The number of benzene rings is 2. The molecular weight excluding hydrogens is 314 g/mol. The molecule has 2 aromatic carbocycles. The van der Waals surface area contributed by atoms with E-state index in [9.17, 15) is 4.79 Å². The monoisotopic (exact) mass is 339 g/mol. The van der Waals surface area contributed by atoms with E-state index in [-0.39, 0.29) is 18.1 Å². The van der Waals surface area contributed by atoms with E-state index in [1.807, 2.05) is 61.5 Å². The normalized spacial score (nSPS) is 20.2. The molecule has 3 unspecified atom stereocenters. The Kier molecular flexibility index (Phi) is 5.27. The van der Waals surface area contributed by atoms with Crippen LogP contribution < -0.4 is 14.8 Å². The Labute approximate surface area is 149 Å². The van der Waals surface area contributed by atoms with Gasteiger partial charge in [-0.1, -0.05) is 56.3 Å². The van der Waals surface area contributed by atoms with Gasteiger partial charge in [-0.25, -0.2) is 0 Å². The first kappa shape index (κ1) is 17.3. The van der Waals surface area contributed by atoms with Crippen LogP contribution in [0.25, 0.3) is 0 Å². The summed E-state index contributed by atoms with van der Waals surface area (Å²) in [4.78, 5) is 12.9. The fourth-order valence-electron chi connectivity index (χ4n) is 3.10. The van der Waals surface area contributed by atoms with Crippen molar-refractivity contribution in [3.63, 3.8) is 0 Å². The van der Waals surface area contributed by atoms with Gasteiger partial charge in [0.2, 0.25) is 6.10 Å². The molecule has 3 atom stereocenters. The van der Waals surface area contributed by atoms with Crippen molar-refractivity contribution >= 4 is 5.91 Å². The van der Waals surface area contributed by atoms with E-state index >= 15 is 0 Å². The van der Waals surface area contributed by atoms with Gasteiger partial charge < -0.3 is 14.8 Å². The molecule has 0 bridgehead atoms. The van der Waals surface area contributed by atoms with Gasteiger partial charge >= 0.3 is 0 Å². The molecule has 0 saturated carbocycles. The lowest BCUT2D eigenvalue weighted by molar-refractivity contribution is -0.134. The van der Waals surface area contributed by atoms with E-state index in [0.29, 0.717) is 17.4 Å². The van der Waals surface area contributed by atoms with Crippen molar-refractivity contribution in [3.05, 3.63) is 60.2 Å². The Morgan fingerprint density at radius 3 is 2.24 bits per heavy atom. The van der Waals surface area contributed by atoms with Gasteiger partial charge in [0.05, 0.1) is 6.04 Å². The van der Waals surface area contributed by atoms with Crippen LogP contribution in [-0.4, -0.2) is 18.1 Å². The molecule has 1 heterocycles. The smallest absolute Gasteiger partial charge is 0.265 e. The molecule has 3 rings (SSSR count). The number of carbonyl (C=O) groups excluding carboxylic acids is 1. The number of rotatable bonds is 5. The Morgan fingerprint density at radius 2 is 1.60 bits per heavy atom. The van der Waals surface area contributed by atoms with E-state index in [1.54, 1.807) is 0 Å². The highest BCUT2D eigenvalue weighted by Crippen LogP contribution is 2.33. The Balaban J connectivity index is 1.75. The van der Waals surface area contributed by atoms with Crippen molar-refractivity contribution < 1.29 is 14.3 Å². The zero-order valence-electron chi connectivity index (χ0n) is 14.9. The Morgan fingerprint density at radius 1 is 1.00 bits per heavy atom. The van der Waals surface area contributed by atoms with E-state index < -0.39 is 6.10 Å². The molecule has 2 aromatic rings. The van der Waals surface area contributed by atoms with E-state index in [1.165, 1.54) is 0 Å². The van der Waals surface area contributed by atoms with Crippen LogP contribution in [0.1, 0.15) is 38.8 Å². The zero-order chi connectivity index (χ0) is 17.8. The molecule has 1 aliphatic heterocycles. The zero-order valence-corrected chi connectivity index (χ0v) is 14.9. The summed E-state index contributed by atoms with van der Waals surface area (Å²) in [7, 11) is 0. The lowest BCUT2D eigenvalue weighted by atomic mass is 9.96. The van der Waals surface area contributed by atoms with Crippen LogP contribution in [0.2, 0.25) is 0 Å². The molecule has 1 N–H and O–H groups in total. The Bertz CT molecular complexity index is 714. The summed E-state index contributed by atoms with van der Waals surface area (Å²) in [5.74, 6) is 1.62. The molecule has 0 fully saturated rings. The predicted octanol–water partition coefficient (Wildman–Crippen LogP) is 4.12. The molecule has 1 aliphatic rings. The van der Waals surface area contributed by atoms with E-state index in [0.717, 1.165) is 12.0 Å². The third-order valence-corrected chi connectivity index (χ3v) is 4.33. The molecular formula is C21H25NO3. The maximum Gasteiger partial charge on any atom is 0.265 e. The second kappa shape index (κ2) is 7.60. The van der Waals surface area contributed by atoms with Crippen molar-refractivity contribution in [2.45, 2.75) is 45.4 Å². The summed E-state index contributed by atoms with van der Waals surface area (Å²) < 4.78 is 11.8. The molecule has 132 valence electrons. The van der Waals surface area contributed by atoms with Crippen LogP contribution in [0.15, 0.2) is 54.6 Å². The van der Waals surface area contributed by atoms with Gasteiger partial charge in [-0.15, -0.1) is 0 Å². The fraction of sp³-hybridized carbons (Fsp3) is 0.381. The highest BCUT2D eigenvalue weighted by Gasteiger charge is 2.35. The number of carbonyl (C=O) groups is 1. The maximum absolute atomic E-state index is 12.9. The second-order valence-electron chi connectivity index (χ2n) is 6.91. The highest BCUT2D eigenvalue weighted by molar-refractivity contribution is 5.82. The third kappa shape index (κ3) is 4.13. The molecule has 0 saturated heterocycles. The van der Waals surface area contributed by atoms with Crippen molar-refractivity contribution in [2.75, 3.05) is 0 Å². The van der Waals surface area contributed by atoms with E-state index in [4.69, 9.17) is 9.47 Å². The van der Waals surface area contributed by atoms with Gasteiger partial charge in [-0.05, 0) is 37.0 Å². The Hall–Kier alpha value is -2.49. The summed E-state index contributed by atoms with van der Waals surface area (Å²) in [5, 5.41) is 3.15. The second-order valence-corrected chi connectivity index (χ2v) is 6.91. The minimum atomic E-state index is -0.659. The lowest BCUT2D eigenvalue weighted by Crippen LogP contribution is -2.49. The number of hydrogen-bond donors (Lipinski definition) is 1.